The zero-order chi connectivity index (χ0) is 22.9. The molecular weight excluding hydrogens is 441 g/mol. The van der Waals surface area contributed by atoms with E-state index in [-0.39, 0.29) is 11.5 Å². The average Bonchev–Trinajstić information content (AvgIpc) is 3.58. The third-order valence-electron chi connectivity index (χ3n) is 7.68. The fourth-order valence-electron chi connectivity index (χ4n) is 5.46. The van der Waals surface area contributed by atoms with Gasteiger partial charge in [0.2, 0.25) is 5.91 Å². The second-order valence-electron chi connectivity index (χ2n) is 11.2. The van der Waals surface area contributed by atoms with E-state index in [4.69, 9.17) is 23.2 Å². The Morgan fingerprint density at radius 1 is 1.06 bits per heavy atom. The average molecular weight is 481 g/mol. The number of rotatable bonds is 6. The molecular formula is C26H39Cl2N3O. The van der Waals surface area contributed by atoms with E-state index < -0.39 is 0 Å². The number of halogens is 2. The summed E-state index contributed by atoms with van der Waals surface area (Å²) in [4.78, 5) is 18.2. The van der Waals surface area contributed by atoms with Crippen LogP contribution in [0.2, 0.25) is 10.0 Å². The largest absolute Gasteiger partial charge is 0.337 e. The van der Waals surface area contributed by atoms with Crippen molar-refractivity contribution in [3.05, 3.63) is 33.8 Å². The summed E-state index contributed by atoms with van der Waals surface area (Å²) in [5, 5.41) is 4.66. The van der Waals surface area contributed by atoms with Crippen LogP contribution in [-0.4, -0.2) is 54.5 Å². The molecule has 2 saturated heterocycles. The Morgan fingerprint density at radius 2 is 1.78 bits per heavy atom. The van der Waals surface area contributed by atoms with E-state index in [1.54, 1.807) is 0 Å². The highest BCUT2D eigenvalue weighted by molar-refractivity contribution is 6.42. The molecule has 1 N–H and O–H groups in total. The van der Waals surface area contributed by atoms with Crippen LogP contribution in [0.1, 0.15) is 70.9 Å². The van der Waals surface area contributed by atoms with E-state index in [1.165, 1.54) is 18.4 Å². The summed E-state index contributed by atoms with van der Waals surface area (Å²) in [6.45, 7) is 11.6. The first-order chi connectivity index (χ1) is 15.2. The van der Waals surface area contributed by atoms with Gasteiger partial charge >= 0.3 is 0 Å². The van der Waals surface area contributed by atoms with Gasteiger partial charge in [0.25, 0.3) is 0 Å². The van der Waals surface area contributed by atoms with Crippen LogP contribution in [0.25, 0.3) is 0 Å². The number of benzene rings is 1. The normalized spacial score (nSPS) is 24.5. The van der Waals surface area contributed by atoms with Crippen LogP contribution in [0.5, 0.6) is 0 Å². The van der Waals surface area contributed by atoms with Gasteiger partial charge in [-0.2, -0.15) is 0 Å². The molecule has 32 heavy (non-hydrogen) atoms. The Hall–Kier alpha value is -0.810. The fourth-order valence-corrected chi connectivity index (χ4v) is 5.77. The molecule has 2 atom stereocenters. The Labute approximate surface area is 204 Å². The fraction of sp³-hybridized carbons (Fsp3) is 0.731. The highest BCUT2D eigenvalue weighted by atomic mass is 35.5. The van der Waals surface area contributed by atoms with Crippen molar-refractivity contribution < 1.29 is 4.79 Å². The van der Waals surface area contributed by atoms with Crippen LogP contribution in [0.15, 0.2) is 18.2 Å². The number of piperazine rings is 1. The maximum Gasteiger partial charge on any atom is 0.223 e. The van der Waals surface area contributed by atoms with Gasteiger partial charge in [0.1, 0.15) is 0 Å². The number of amides is 1. The molecule has 0 bridgehead atoms. The van der Waals surface area contributed by atoms with Gasteiger partial charge < -0.3 is 10.2 Å². The van der Waals surface area contributed by atoms with Gasteiger partial charge in [0.15, 0.2) is 0 Å². The van der Waals surface area contributed by atoms with Crippen LogP contribution in [-0.2, 0) is 4.79 Å². The summed E-state index contributed by atoms with van der Waals surface area (Å²) in [6.07, 6.45) is 6.76. The molecule has 3 fully saturated rings. The van der Waals surface area contributed by atoms with Crippen molar-refractivity contribution in [2.24, 2.45) is 17.3 Å². The Bertz CT molecular complexity index is 799. The van der Waals surface area contributed by atoms with E-state index in [9.17, 15) is 4.79 Å². The van der Waals surface area contributed by atoms with E-state index in [2.05, 4.69) is 48.0 Å². The first kappa shape index (κ1) is 24.3. The molecule has 1 aromatic carbocycles. The molecule has 4 nitrogen and oxygen atoms in total. The van der Waals surface area contributed by atoms with Gasteiger partial charge in [-0.25, -0.2) is 0 Å². The number of carbonyl (C=O) groups excluding carboxylic acids is 1. The number of hydrogen-bond acceptors (Lipinski definition) is 3. The smallest absolute Gasteiger partial charge is 0.223 e. The molecule has 1 saturated carbocycles. The lowest BCUT2D eigenvalue weighted by Gasteiger charge is -2.50. The maximum absolute atomic E-state index is 13.4. The lowest BCUT2D eigenvalue weighted by atomic mass is 9.82. The summed E-state index contributed by atoms with van der Waals surface area (Å²) in [6, 6.07) is 6.68. The SMILES string of the molecule is CC(C)(C)C1CN(C(CC2CC2)c2ccc(Cl)c(Cl)c2)CCN1C(=O)CC1CCNCC1. The van der Waals surface area contributed by atoms with Crippen LogP contribution in [0.3, 0.4) is 0 Å². The third kappa shape index (κ3) is 6.00. The lowest BCUT2D eigenvalue weighted by Crippen LogP contribution is -2.60. The van der Waals surface area contributed by atoms with Gasteiger partial charge in [0, 0.05) is 38.1 Å². The van der Waals surface area contributed by atoms with Crippen LogP contribution in [0.4, 0.5) is 0 Å². The maximum atomic E-state index is 13.4. The summed E-state index contributed by atoms with van der Waals surface area (Å²) in [5.41, 5.74) is 1.29. The van der Waals surface area contributed by atoms with Gasteiger partial charge in [0.05, 0.1) is 10.0 Å². The van der Waals surface area contributed by atoms with Crippen molar-refractivity contribution in [1.82, 2.24) is 15.1 Å². The summed E-state index contributed by atoms with van der Waals surface area (Å²) < 4.78 is 0. The third-order valence-corrected chi connectivity index (χ3v) is 8.42. The predicted octanol–water partition coefficient (Wildman–Crippen LogP) is 5.78. The van der Waals surface area contributed by atoms with Gasteiger partial charge in [-0.1, -0.05) is 62.9 Å². The lowest BCUT2D eigenvalue weighted by molar-refractivity contribution is -0.141. The van der Waals surface area contributed by atoms with E-state index in [1.807, 2.05) is 6.07 Å². The molecule has 3 aliphatic rings. The topological polar surface area (TPSA) is 35.6 Å². The minimum Gasteiger partial charge on any atom is -0.337 e. The van der Waals surface area contributed by atoms with Gasteiger partial charge in [-0.3, -0.25) is 9.69 Å². The number of nitrogens with zero attached hydrogens (tertiary/aromatic N) is 2. The summed E-state index contributed by atoms with van der Waals surface area (Å²) >= 11 is 12.6. The van der Waals surface area contributed by atoms with Gasteiger partial charge in [-0.15, -0.1) is 0 Å². The zero-order valence-electron chi connectivity index (χ0n) is 19.9. The van der Waals surface area contributed by atoms with E-state index >= 15 is 0 Å². The zero-order valence-corrected chi connectivity index (χ0v) is 21.4. The van der Waals surface area contributed by atoms with Crippen molar-refractivity contribution in [3.8, 4) is 0 Å². The molecule has 1 aliphatic carbocycles. The molecule has 4 rings (SSSR count). The van der Waals surface area contributed by atoms with Crippen molar-refractivity contribution in [3.63, 3.8) is 0 Å². The van der Waals surface area contributed by atoms with Gasteiger partial charge in [-0.05, 0) is 67.3 Å². The second-order valence-corrected chi connectivity index (χ2v) is 12.0. The Balaban J connectivity index is 1.51. The molecule has 0 aromatic heterocycles. The number of nitrogens with one attached hydrogen (secondary N) is 1. The van der Waals surface area contributed by atoms with Crippen molar-refractivity contribution >= 4 is 29.1 Å². The monoisotopic (exact) mass is 479 g/mol. The highest BCUT2D eigenvalue weighted by Crippen LogP contribution is 2.42. The van der Waals surface area contributed by atoms with Crippen LogP contribution < -0.4 is 5.32 Å². The first-order valence-electron chi connectivity index (χ1n) is 12.4. The number of carbonyl (C=O) groups is 1. The summed E-state index contributed by atoms with van der Waals surface area (Å²) in [5.74, 6) is 1.69. The molecule has 2 unspecified atom stereocenters. The molecule has 178 valence electrons. The highest BCUT2D eigenvalue weighted by Gasteiger charge is 2.41. The summed E-state index contributed by atoms with van der Waals surface area (Å²) in [7, 11) is 0. The van der Waals surface area contributed by atoms with Crippen molar-refractivity contribution in [1.29, 1.82) is 0 Å². The molecule has 0 radical (unpaired) electrons. The van der Waals surface area contributed by atoms with Crippen LogP contribution in [0, 0.1) is 17.3 Å². The quantitative estimate of drug-likeness (QED) is 0.561. The second kappa shape index (κ2) is 10.2. The molecule has 0 spiro atoms. The number of piperidine rings is 1. The first-order valence-corrected chi connectivity index (χ1v) is 13.2. The number of hydrogen-bond donors (Lipinski definition) is 1. The minimum absolute atomic E-state index is 0.0320. The molecule has 2 heterocycles. The Morgan fingerprint density at radius 3 is 2.41 bits per heavy atom. The molecule has 1 amide bonds. The van der Waals surface area contributed by atoms with Crippen LogP contribution >= 0.6 is 23.2 Å². The minimum atomic E-state index is 0.0320. The standard InChI is InChI=1S/C26H39Cl2N3O/c1-26(2,3)24-17-30(12-13-31(24)25(32)15-19-8-10-29-11-9-19)23(14-18-4-5-18)20-6-7-21(27)22(28)16-20/h6-7,16,18-19,23-24,29H,4-5,8-15,17H2,1-3H3. The van der Waals surface area contributed by atoms with Crippen molar-refractivity contribution in [2.45, 2.75) is 71.4 Å². The van der Waals surface area contributed by atoms with Crippen molar-refractivity contribution in [2.75, 3.05) is 32.7 Å². The van der Waals surface area contributed by atoms with E-state index in [0.717, 1.165) is 57.9 Å². The molecule has 2 aliphatic heterocycles. The molecule has 6 heteroatoms. The van der Waals surface area contributed by atoms with E-state index in [0.29, 0.717) is 34.3 Å². The Kier molecular flexibility index (Phi) is 7.76. The molecule has 1 aromatic rings. The predicted molar refractivity (Wildman–Crippen MR) is 133 cm³/mol.